The maximum atomic E-state index is 9.06. The summed E-state index contributed by atoms with van der Waals surface area (Å²) in [5.41, 5.74) is 5.04. The van der Waals surface area contributed by atoms with Gasteiger partial charge in [-0.25, -0.2) is 0 Å². The van der Waals surface area contributed by atoms with Gasteiger partial charge in [0.05, 0.1) is 17.6 Å². The molecule has 2 aromatic carbocycles. The predicted octanol–water partition coefficient (Wildman–Crippen LogP) is 6.22. The molecule has 2 unspecified atom stereocenters. The number of aliphatic hydroxyl groups excluding tert-OH is 1. The Morgan fingerprint density at radius 3 is 2.55 bits per heavy atom. The van der Waals surface area contributed by atoms with Crippen LogP contribution < -0.4 is 4.90 Å². The Balaban J connectivity index is 1.46. The van der Waals surface area contributed by atoms with Gasteiger partial charge in [-0.05, 0) is 74.1 Å². The van der Waals surface area contributed by atoms with E-state index in [2.05, 4.69) is 65.8 Å². The first-order chi connectivity index (χ1) is 14.1. The van der Waals surface area contributed by atoms with Gasteiger partial charge in [0.1, 0.15) is 0 Å². The molecule has 0 spiro atoms. The van der Waals surface area contributed by atoms with E-state index < -0.39 is 0 Å². The Morgan fingerprint density at radius 1 is 1.07 bits per heavy atom. The molecule has 150 valence electrons. The van der Waals surface area contributed by atoms with Crippen molar-refractivity contribution in [2.75, 3.05) is 11.4 Å². The Morgan fingerprint density at radius 2 is 1.79 bits per heavy atom. The quantitative estimate of drug-likeness (QED) is 0.483. The average Bonchev–Trinajstić information content (AvgIpc) is 2.94. The third-order valence-electron chi connectivity index (χ3n) is 6.64. The number of piperidine rings is 1. The van der Waals surface area contributed by atoms with Gasteiger partial charge in [0.2, 0.25) is 0 Å². The first kappa shape index (κ1) is 18.8. The van der Waals surface area contributed by atoms with E-state index in [0.717, 1.165) is 18.4 Å². The van der Waals surface area contributed by atoms with Gasteiger partial charge in [-0.1, -0.05) is 36.5 Å². The number of anilines is 2. The van der Waals surface area contributed by atoms with E-state index in [0.29, 0.717) is 18.1 Å². The highest BCUT2D eigenvalue weighted by molar-refractivity contribution is 7.99. The predicted molar refractivity (Wildman–Crippen MR) is 121 cm³/mol. The lowest BCUT2D eigenvalue weighted by Gasteiger charge is -2.46. The molecule has 3 aliphatic heterocycles. The number of nitrogens with zero attached hydrogens (tertiary/aromatic N) is 2. The Bertz CT molecular complexity index is 955. The van der Waals surface area contributed by atoms with Crippen molar-refractivity contribution in [3.8, 4) is 0 Å². The first-order valence-corrected chi connectivity index (χ1v) is 11.4. The number of aliphatic hydroxyl groups is 1. The van der Waals surface area contributed by atoms with Crippen molar-refractivity contribution >= 4 is 23.1 Å². The molecule has 3 aliphatic rings. The largest absolute Gasteiger partial charge is 0.516 e. The van der Waals surface area contributed by atoms with E-state index in [4.69, 9.17) is 5.11 Å². The van der Waals surface area contributed by atoms with E-state index in [1.54, 1.807) is 6.08 Å². The summed E-state index contributed by atoms with van der Waals surface area (Å²) in [6.45, 7) is 7.15. The van der Waals surface area contributed by atoms with Gasteiger partial charge >= 0.3 is 0 Å². The fourth-order valence-corrected chi connectivity index (χ4v) is 6.56. The van der Waals surface area contributed by atoms with Crippen LogP contribution in [0.25, 0.3) is 0 Å². The van der Waals surface area contributed by atoms with Crippen LogP contribution in [-0.4, -0.2) is 34.7 Å². The minimum Gasteiger partial charge on any atom is -0.516 e. The number of hydrogen-bond donors (Lipinski definition) is 1. The Kier molecular flexibility index (Phi) is 4.92. The fraction of sp³-hybridized carbons (Fsp3) is 0.360. The highest BCUT2D eigenvalue weighted by atomic mass is 32.2. The summed E-state index contributed by atoms with van der Waals surface area (Å²) >= 11 is 1.90. The van der Waals surface area contributed by atoms with Crippen molar-refractivity contribution in [2.24, 2.45) is 0 Å². The normalized spacial score (nSPS) is 25.8. The summed E-state index contributed by atoms with van der Waals surface area (Å²) in [5, 5.41) is 9.06. The molecule has 29 heavy (non-hydrogen) atoms. The van der Waals surface area contributed by atoms with Gasteiger partial charge in [0.15, 0.2) is 0 Å². The Labute approximate surface area is 177 Å². The third kappa shape index (κ3) is 3.38. The second-order valence-corrected chi connectivity index (χ2v) is 9.65. The molecule has 0 aromatic heterocycles. The van der Waals surface area contributed by atoms with Gasteiger partial charge in [-0.15, -0.1) is 0 Å². The molecule has 2 aromatic rings. The summed E-state index contributed by atoms with van der Waals surface area (Å²) in [6.07, 6.45) is 7.73. The van der Waals surface area contributed by atoms with Crippen LogP contribution >= 0.6 is 11.8 Å². The number of aryl methyl sites for hydroxylation is 1. The standard InChI is InChI=1S/C25H28N2OS/c1-17-7-10-23-25(13-17)29-24-6-4-3-5-22(24)27(23)21-14-19-8-9-20(15-21)26(19)16-18(2)11-12-28/h3-7,10-13,19-21,28H,2,8-9,14-16H2,1H3/b12-11-. The highest BCUT2D eigenvalue weighted by Gasteiger charge is 2.43. The molecule has 2 bridgehead atoms. The molecule has 3 nitrogen and oxygen atoms in total. The van der Waals surface area contributed by atoms with Crippen molar-refractivity contribution in [1.29, 1.82) is 0 Å². The summed E-state index contributed by atoms with van der Waals surface area (Å²) < 4.78 is 0. The lowest BCUT2D eigenvalue weighted by molar-refractivity contribution is 0.141. The molecule has 1 N–H and O–H groups in total. The summed E-state index contributed by atoms with van der Waals surface area (Å²) in [4.78, 5) is 7.99. The van der Waals surface area contributed by atoms with Crippen molar-refractivity contribution in [3.63, 3.8) is 0 Å². The maximum Gasteiger partial charge on any atom is 0.0794 e. The molecule has 4 heteroatoms. The van der Waals surface area contributed by atoms with Crippen molar-refractivity contribution in [1.82, 2.24) is 4.90 Å². The topological polar surface area (TPSA) is 26.7 Å². The van der Waals surface area contributed by atoms with E-state index in [9.17, 15) is 0 Å². The van der Waals surface area contributed by atoms with Gasteiger partial charge in [-0.3, -0.25) is 4.90 Å². The minimum atomic E-state index is 0.522. The Hall–Kier alpha value is -2.17. The van der Waals surface area contributed by atoms with Gasteiger partial charge in [0.25, 0.3) is 0 Å². The maximum absolute atomic E-state index is 9.06. The van der Waals surface area contributed by atoms with Gasteiger partial charge < -0.3 is 10.0 Å². The molecule has 0 amide bonds. The lowest BCUT2D eigenvalue weighted by Crippen LogP contribution is -2.50. The summed E-state index contributed by atoms with van der Waals surface area (Å²) in [5.74, 6) is 0. The van der Waals surface area contributed by atoms with Crippen LogP contribution in [0.4, 0.5) is 11.4 Å². The van der Waals surface area contributed by atoms with Gasteiger partial charge in [-0.2, -0.15) is 0 Å². The molecular weight excluding hydrogens is 376 g/mol. The van der Waals surface area contributed by atoms with E-state index in [-0.39, 0.29) is 0 Å². The molecule has 0 radical (unpaired) electrons. The summed E-state index contributed by atoms with van der Waals surface area (Å²) in [7, 11) is 0. The van der Waals surface area contributed by atoms with Crippen LogP contribution in [0, 0.1) is 6.92 Å². The molecule has 2 fully saturated rings. The fourth-order valence-electron chi connectivity index (χ4n) is 5.39. The van der Waals surface area contributed by atoms with E-state index in [1.807, 2.05) is 11.8 Å². The van der Waals surface area contributed by atoms with Crippen LogP contribution in [0.5, 0.6) is 0 Å². The minimum absolute atomic E-state index is 0.522. The summed E-state index contributed by atoms with van der Waals surface area (Å²) in [6, 6.07) is 17.5. The van der Waals surface area contributed by atoms with Crippen molar-refractivity contribution in [3.05, 3.63) is 72.5 Å². The number of para-hydroxylation sites is 1. The second kappa shape index (κ2) is 7.58. The van der Waals surface area contributed by atoms with Crippen LogP contribution in [0.2, 0.25) is 0 Å². The first-order valence-electron chi connectivity index (χ1n) is 10.5. The zero-order chi connectivity index (χ0) is 20.0. The number of hydrogen-bond acceptors (Lipinski definition) is 4. The SMILES string of the molecule is C=C(/C=C\O)CN1C2CCC1CC(N1c3ccccc3Sc3cc(C)ccc31)C2. The molecule has 2 atom stereocenters. The van der Waals surface area contributed by atoms with Crippen molar-refractivity contribution < 1.29 is 5.11 Å². The molecule has 0 aliphatic carbocycles. The molecule has 3 heterocycles. The highest BCUT2D eigenvalue weighted by Crippen LogP contribution is 2.51. The van der Waals surface area contributed by atoms with Crippen LogP contribution in [0.3, 0.4) is 0 Å². The monoisotopic (exact) mass is 404 g/mol. The molecule has 5 rings (SSSR count). The number of rotatable bonds is 4. The van der Waals surface area contributed by atoms with Crippen LogP contribution in [0.1, 0.15) is 31.2 Å². The zero-order valence-corrected chi connectivity index (χ0v) is 17.7. The lowest BCUT2D eigenvalue weighted by atomic mass is 9.94. The second-order valence-electron chi connectivity index (χ2n) is 8.57. The third-order valence-corrected chi connectivity index (χ3v) is 7.75. The van der Waals surface area contributed by atoms with Gasteiger partial charge in [0, 0.05) is 34.5 Å². The molecular formula is C25H28N2OS. The van der Waals surface area contributed by atoms with Crippen LogP contribution in [0.15, 0.2) is 76.7 Å². The zero-order valence-electron chi connectivity index (χ0n) is 16.9. The molecule has 2 saturated heterocycles. The van der Waals surface area contributed by atoms with E-state index >= 15 is 0 Å². The number of fused-ring (bicyclic) bond motifs is 4. The smallest absolute Gasteiger partial charge is 0.0794 e. The van der Waals surface area contributed by atoms with Crippen molar-refractivity contribution in [2.45, 2.75) is 60.5 Å². The molecule has 0 saturated carbocycles. The average molecular weight is 405 g/mol. The van der Waals surface area contributed by atoms with Crippen LogP contribution in [-0.2, 0) is 0 Å². The number of benzene rings is 2. The van der Waals surface area contributed by atoms with E-state index in [1.165, 1.54) is 52.4 Å².